The molecule has 1 N–H and O–H groups in total. The van der Waals surface area contributed by atoms with E-state index in [0.717, 1.165) is 0 Å². The molecule has 1 aliphatic rings. The average molecular weight is 150 g/mol. The largest absolute Gasteiger partial charge is 1.00 e. The molecule has 0 aromatic rings. The summed E-state index contributed by atoms with van der Waals surface area (Å²) in [6.07, 6.45) is 0. The zero-order chi connectivity index (χ0) is 7.72. The summed E-state index contributed by atoms with van der Waals surface area (Å²) in [6.45, 7) is 0.182. The van der Waals surface area contributed by atoms with E-state index in [0.29, 0.717) is 0 Å². The minimum Gasteiger partial charge on any atom is -0.548 e. The van der Waals surface area contributed by atoms with Gasteiger partial charge in [0.1, 0.15) is 0 Å². The van der Waals surface area contributed by atoms with Gasteiger partial charge in [-0.25, -0.2) is 4.79 Å². The molecule has 0 radical (unpaired) electrons. The average Bonchev–Trinajstić information content (AvgIpc) is 2.13. The van der Waals surface area contributed by atoms with Crippen LogP contribution in [0.15, 0.2) is 0 Å². The number of carbonyl (C=O) groups is 2. The number of carbonyl (C=O) groups excluding carboxylic acids is 2. The van der Waals surface area contributed by atoms with E-state index in [9.17, 15) is 14.7 Å². The fourth-order valence-corrected chi connectivity index (χ4v) is 0.795. The number of nitrogens with one attached hydrogen (secondary N) is 1. The van der Waals surface area contributed by atoms with Gasteiger partial charge in [0.2, 0.25) is 0 Å². The third-order valence-electron chi connectivity index (χ3n) is 1.39. The van der Waals surface area contributed by atoms with Gasteiger partial charge in [0, 0.05) is 13.6 Å². The van der Waals surface area contributed by atoms with Crippen LogP contribution >= 0.6 is 0 Å². The molecule has 1 aliphatic heterocycles. The molecule has 0 bridgehead atoms. The van der Waals surface area contributed by atoms with Crippen LogP contribution < -0.4 is 29.3 Å². The molecule has 0 aromatic carbocycles. The summed E-state index contributed by atoms with van der Waals surface area (Å²) in [6, 6.07) is -1.22. The second-order valence-electron chi connectivity index (χ2n) is 2.20. The second-order valence-corrected chi connectivity index (χ2v) is 2.20. The molecule has 1 fully saturated rings. The number of carboxylic acids is 1. The minimum absolute atomic E-state index is 0. The molecule has 5 nitrogen and oxygen atoms in total. The predicted octanol–water partition coefficient (Wildman–Crippen LogP) is -5.24. The molecule has 0 unspecified atom stereocenters. The molecule has 1 heterocycles. The van der Waals surface area contributed by atoms with E-state index < -0.39 is 12.0 Å². The van der Waals surface area contributed by atoms with Crippen LogP contribution in [0.4, 0.5) is 4.79 Å². The maximum Gasteiger partial charge on any atom is 1.00 e. The van der Waals surface area contributed by atoms with Gasteiger partial charge in [-0.05, 0) is 0 Å². The van der Waals surface area contributed by atoms with E-state index >= 15 is 0 Å². The van der Waals surface area contributed by atoms with Crippen LogP contribution in [0.3, 0.4) is 0 Å². The number of hydrogen-bond donors (Lipinski definition) is 1. The first-order valence-electron chi connectivity index (χ1n) is 2.84. The van der Waals surface area contributed by atoms with Crippen LogP contribution in [0.5, 0.6) is 0 Å². The molecule has 0 aromatic heterocycles. The molecule has 2 amide bonds. The van der Waals surface area contributed by atoms with Gasteiger partial charge < -0.3 is 20.1 Å². The van der Waals surface area contributed by atoms with Crippen molar-refractivity contribution in [2.45, 2.75) is 6.04 Å². The molecule has 1 atom stereocenters. The minimum atomic E-state index is -1.24. The Labute approximate surface area is 75.9 Å². The number of urea groups is 1. The zero-order valence-corrected chi connectivity index (χ0v) is 6.46. The first kappa shape index (κ1) is 10.3. The quantitative estimate of drug-likeness (QED) is 0.379. The van der Waals surface area contributed by atoms with E-state index in [1.165, 1.54) is 11.9 Å². The number of aliphatic carboxylic acids is 1. The molecular weight excluding hydrogens is 143 g/mol. The van der Waals surface area contributed by atoms with Crippen molar-refractivity contribution in [2.75, 3.05) is 13.6 Å². The number of rotatable bonds is 1. The molecular formula is C5H7LiN2O3. The number of likely N-dealkylation sites (N-methyl/N-ethyl adjacent to an activating group) is 1. The fourth-order valence-electron chi connectivity index (χ4n) is 0.795. The molecule has 56 valence electrons. The predicted molar refractivity (Wildman–Crippen MR) is 30.0 cm³/mol. The van der Waals surface area contributed by atoms with Crippen molar-refractivity contribution in [2.24, 2.45) is 0 Å². The molecule has 6 heteroatoms. The Bertz CT molecular complexity index is 185. The molecule has 1 rings (SSSR count). The van der Waals surface area contributed by atoms with Gasteiger partial charge in [-0.1, -0.05) is 0 Å². The van der Waals surface area contributed by atoms with Gasteiger partial charge >= 0.3 is 24.9 Å². The topological polar surface area (TPSA) is 72.5 Å². The summed E-state index contributed by atoms with van der Waals surface area (Å²) in [5.74, 6) is -1.24. The van der Waals surface area contributed by atoms with E-state index in [2.05, 4.69) is 5.32 Å². The molecule has 11 heavy (non-hydrogen) atoms. The molecule has 0 aliphatic carbocycles. The summed E-state index contributed by atoms with van der Waals surface area (Å²) in [7, 11) is 1.53. The van der Waals surface area contributed by atoms with E-state index in [1.54, 1.807) is 0 Å². The fraction of sp³-hybridized carbons (Fsp3) is 0.600. The third-order valence-corrected chi connectivity index (χ3v) is 1.39. The van der Waals surface area contributed by atoms with Crippen molar-refractivity contribution < 1.29 is 33.6 Å². The maximum absolute atomic E-state index is 10.6. The van der Waals surface area contributed by atoms with Crippen molar-refractivity contribution in [3.8, 4) is 0 Å². The number of amides is 2. The summed E-state index contributed by atoms with van der Waals surface area (Å²) in [5.41, 5.74) is 0. The van der Waals surface area contributed by atoms with Gasteiger partial charge in [0.05, 0.1) is 12.0 Å². The van der Waals surface area contributed by atoms with Crippen LogP contribution in [-0.4, -0.2) is 36.5 Å². The Kier molecular flexibility index (Phi) is 3.43. The van der Waals surface area contributed by atoms with Crippen LogP contribution in [0, 0.1) is 0 Å². The van der Waals surface area contributed by atoms with Crippen molar-refractivity contribution in [1.29, 1.82) is 0 Å². The summed E-state index contributed by atoms with van der Waals surface area (Å²) in [5, 5.41) is 12.4. The Balaban J connectivity index is 0.000001000. The first-order chi connectivity index (χ1) is 4.61. The Morgan fingerprint density at radius 3 is 2.55 bits per heavy atom. The van der Waals surface area contributed by atoms with Crippen molar-refractivity contribution in [3.05, 3.63) is 0 Å². The monoisotopic (exact) mass is 150 g/mol. The van der Waals surface area contributed by atoms with Gasteiger partial charge in [-0.15, -0.1) is 0 Å². The second kappa shape index (κ2) is 3.65. The normalized spacial score (nSPS) is 22.5. The first-order valence-corrected chi connectivity index (χ1v) is 2.84. The number of hydrogen-bond acceptors (Lipinski definition) is 3. The summed E-state index contributed by atoms with van der Waals surface area (Å²) >= 11 is 0. The zero-order valence-electron chi connectivity index (χ0n) is 6.46. The van der Waals surface area contributed by atoms with Crippen LogP contribution in [0.25, 0.3) is 0 Å². The smallest absolute Gasteiger partial charge is 0.548 e. The summed E-state index contributed by atoms with van der Waals surface area (Å²) in [4.78, 5) is 22.0. The van der Waals surface area contributed by atoms with Gasteiger partial charge in [-0.3, -0.25) is 0 Å². The van der Waals surface area contributed by atoms with Gasteiger partial charge in [-0.2, -0.15) is 0 Å². The molecule has 0 saturated carbocycles. The number of carboxylic acid groups (broad SMARTS) is 1. The van der Waals surface area contributed by atoms with Crippen LogP contribution in [-0.2, 0) is 4.79 Å². The van der Waals surface area contributed by atoms with Gasteiger partial charge in [0.15, 0.2) is 0 Å². The van der Waals surface area contributed by atoms with E-state index in [4.69, 9.17) is 0 Å². The summed E-state index contributed by atoms with van der Waals surface area (Å²) < 4.78 is 0. The van der Waals surface area contributed by atoms with E-state index in [-0.39, 0.29) is 31.4 Å². The van der Waals surface area contributed by atoms with Gasteiger partial charge in [0.25, 0.3) is 0 Å². The maximum atomic E-state index is 10.6. The SMILES string of the molecule is CN1C[C@H](C(=O)[O-])NC1=O.[Li+]. The van der Waals surface area contributed by atoms with Crippen molar-refractivity contribution in [3.63, 3.8) is 0 Å². The van der Waals surface area contributed by atoms with Crippen LogP contribution in [0.2, 0.25) is 0 Å². The number of nitrogens with zero attached hydrogens (tertiary/aromatic N) is 1. The van der Waals surface area contributed by atoms with Crippen molar-refractivity contribution in [1.82, 2.24) is 10.2 Å². The molecule has 1 saturated heterocycles. The third kappa shape index (κ3) is 2.14. The van der Waals surface area contributed by atoms with Crippen molar-refractivity contribution >= 4 is 12.0 Å². The Morgan fingerprint density at radius 2 is 2.36 bits per heavy atom. The Hall–Kier alpha value is -0.663. The Morgan fingerprint density at radius 1 is 1.82 bits per heavy atom. The van der Waals surface area contributed by atoms with E-state index in [1.807, 2.05) is 0 Å². The molecule has 0 spiro atoms. The standard InChI is InChI=1S/C5H8N2O3.Li/c1-7-2-3(4(8)9)6-5(7)10;/h3H,2H2,1H3,(H,6,10)(H,8,9);/q;+1/p-1/t3-;/m1./s1. The van der Waals surface area contributed by atoms with Crippen LogP contribution in [0.1, 0.15) is 0 Å².